The molecule has 0 spiro atoms. The number of benzene rings is 1. The first-order valence-electron chi connectivity index (χ1n) is 9.18. The van der Waals surface area contributed by atoms with Crippen LogP contribution in [0.4, 0.5) is 5.69 Å². The van der Waals surface area contributed by atoms with Gasteiger partial charge in [0.05, 0.1) is 0 Å². The second kappa shape index (κ2) is 7.59. The maximum atomic E-state index is 13.1. The molecule has 0 N–H and O–H groups in total. The van der Waals surface area contributed by atoms with Gasteiger partial charge in [-0.25, -0.2) is 13.4 Å². The number of anilines is 1. The lowest BCUT2D eigenvalue weighted by Crippen LogP contribution is -2.48. The van der Waals surface area contributed by atoms with Crippen LogP contribution in [0.2, 0.25) is 0 Å². The summed E-state index contributed by atoms with van der Waals surface area (Å²) < 4.78 is 28.2. The van der Waals surface area contributed by atoms with Gasteiger partial charge in [-0.2, -0.15) is 4.31 Å². The van der Waals surface area contributed by atoms with Gasteiger partial charge in [0.15, 0.2) is 0 Å². The number of hydrogen-bond acceptors (Lipinski definition) is 6. The molecule has 1 fully saturated rings. The standard InChI is InChI=1S/C20H23N3O2S3/c1-14-5-4-6-18(16(14)3)22-7-9-23(10-8-22)28(24,25)19-11-17(13-26-19)20-21-15(2)12-27-20/h4-6,11-13H,7-10H2,1-3H3. The van der Waals surface area contributed by atoms with Crippen molar-refractivity contribution in [1.29, 1.82) is 0 Å². The normalized spacial score (nSPS) is 15.9. The summed E-state index contributed by atoms with van der Waals surface area (Å²) in [5, 5.41) is 4.74. The van der Waals surface area contributed by atoms with E-state index in [1.54, 1.807) is 21.7 Å². The summed E-state index contributed by atoms with van der Waals surface area (Å²) in [5.41, 5.74) is 5.57. The lowest BCUT2D eigenvalue weighted by Gasteiger charge is -2.36. The molecule has 0 bridgehead atoms. The van der Waals surface area contributed by atoms with Crippen molar-refractivity contribution >= 4 is 38.4 Å². The highest BCUT2D eigenvalue weighted by molar-refractivity contribution is 7.91. The molecular formula is C20H23N3O2S3. The van der Waals surface area contributed by atoms with E-state index in [1.165, 1.54) is 28.2 Å². The lowest BCUT2D eigenvalue weighted by molar-refractivity contribution is 0.385. The SMILES string of the molecule is Cc1csc(-c2csc(S(=O)(=O)N3CCN(c4cccc(C)c4C)CC3)c2)n1. The van der Waals surface area contributed by atoms with Crippen LogP contribution >= 0.6 is 22.7 Å². The van der Waals surface area contributed by atoms with E-state index < -0.39 is 10.0 Å². The first kappa shape index (κ1) is 19.6. The summed E-state index contributed by atoms with van der Waals surface area (Å²) in [6.07, 6.45) is 0. The van der Waals surface area contributed by atoms with Gasteiger partial charge in [-0.1, -0.05) is 12.1 Å². The van der Waals surface area contributed by atoms with E-state index in [1.807, 2.05) is 17.7 Å². The van der Waals surface area contributed by atoms with Crippen molar-refractivity contribution in [2.24, 2.45) is 0 Å². The van der Waals surface area contributed by atoms with Gasteiger partial charge in [0, 0.05) is 53.9 Å². The van der Waals surface area contributed by atoms with Crippen molar-refractivity contribution in [1.82, 2.24) is 9.29 Å². The van der Waals surface area contributed by atoms with Crippen molar-refractivity contribution in [3.05, 3.63) is 51.8 Å². The number of thiophene rings is 1. The molecule has 8 heteroatoms. The molecule has 1 aliphatic rings. The van der Waals surface area contributed by atoms with Crippen molar-refractivity contribution in [3.63, 3.8) is 0 Å². The van der Waals surface area contributed by atoms with E-state index in [4.69, 9.17) is 0 Å². The molecule has 0 amide bonds. The summed E-state index contributed by atoms with van der Waals surface area (Å²) >= 11 is 2.82. The number of aromatic nitrogens is 1. The molecule has 28 heavy (non-hydrogen) atoms. The fourth-order valence-corrected chi connectivity index (χ4v) is 7.02. The zero-order valence-electron chi connectivity index (χ0n) is 16.2. The Morgan fingerprint density at radius 2 is 1.75 bits per heavy atom. The second-order valence-corrected chi connectivity index (χ2v) is 11.0. The van der Waals surface area contributed by atoms with E-state index in [9.17, 15) is 8.42 Å². The Morgan fingerprint density at radius 1 is 1.00 bits per heavy atom. The fraction of sp³-hybridized carbons (Fsp3) is 0.350. The number of aryl methyl sites for hydroxylation is 2. The molecule has 0 radical (unpaired) electrons. The number of nitrogens with zero attached hydrogens (tertiary/aromatic N) is 3. The second-order valence-electron chi connectivity index (χ2n) is 7.06. The van der Waals surface area contributed by atoms with E-state index in [0.29, 0.717) is 30.4 Å². The van der Waals surface area contributed by atoms with E-state index >= 15 is 0 Å². The number of rotatable bonds is 4. The predicted octanol–water partition coefficient (Wildman–Crippen LogP) is 4.31. The Morgan fingerprint density at radius 3 is 2.43 bits per heavy atom. The number of hydrogen-bond donors (Lipinski definition) is 0. The van der Waals surface area contributed by atoms with E-state index in [2.05, 4.69) is 41.9 Å². The molecule has 3 aromatic rings. The Labute approximate surface area is 174 Å². The summed E-state index contributed by atoms with van der Waals surface area (Å²) in [6.45, 7) is 8.58. The molecule has 3 heterocycles. The molecule has 5 nitrogen and oxygen atoms in total. The molecular weight excluding hydrogens is 410 g/mol. The summed E-state index contributed by atoms with van der Waals surface area (Å²) in [4.78, 5) is 6.74. The van der Waals surface area contributed by atoms with Crippen LogP contribution in [0.3, 0.4) is 0 Å². The third kappa shape index (κ3) is 3.61. The average molecular weight is 434 g/mol. The lowest BCUT2D eigenvalue weighted by atomic mass is 10.1. The predicted molar refractivity (Wildman–Crippen MR) is 117 cm³/mol. The Kier molecular flexibility index (Phi) is 5.30. The van der Waals surface area contributed by atoms with Gasteiger partial charge < -0.3 is 4.90 Å². The first-order chi connectivity index (χ1) is 13.4. The van der Waals surface area contributed by atoms with Crippen LogP contribution in [0.25, 0.3) is 10.6 Å². The minimum Gasteiger partial charge on any atom is -0.369 e. The minimum absolute atomic E-state index is 0.399. The largest absolute Gasteiger partial charge is 0.369 e. The minimum atomic E-state index is -3.46. The van der Waals surface area contributed by atoms with Gasteiger partial charge in [-0.15, -0.1) is 22.7 Å². The van der Waals surface area contributed by atoms with Crippen LogP contribution in [0, 0.1) is 20.8 Å². The van der Waals surface area contributed by atoms with Crippen molar-refractivity contribution in [3.8, 4) is 10.6 Å². The van der Waals surface area contributed by atoms with Crippen molar-refractivity contribution in [2.75, 3.05) is 31.1 Å². The maximum Gasteiger partial charge on any atom is 0.252 e. The molecule has 0 atom stereocenters. The highest BCUT2D eigenvalue weighted by Crippen LogP contribution is 2.33. The Bertz CT molecular complexity index is 1090. The third-order valence-corrected chi connectivity index (χ3v) is 9.51. The average Bonchev–Trinajstić information content (AvgIpc) is 3.33. The zero-order valence-corrected chi connectivity index (χ0v) is 18.6. The molecule has 0 aliphatic carbocycles. The summed E-state index contributed by atoms with van der Waals surface area (Å²) in [7, 11) is -3.46. The third-order valence-electron chi connectivity index (χ3n) is 5.19. The summed E-state index contributed by atoms with van der Waals surface area (Å²) in [5.74, 6) is 0. The van der Waals surface area contributed by atoms with Gasteiger partial charge >= 0.3 is 0 Å². The summed E-state index contributed by atoms with van der Waals surface area (Å²) in [6, 6.07) is 8.05. The van der Waals surface area contributed by atoms with Gasteiger partial charge in [-0.3, -0.25) is 0 Å². The monoisotopic (exact) mass is 433 g/mol. The highest BCUT2D eigenvalue weighted by atomic mass is 32.2. The van der Waals surface area contributed by atoms with Gasteiger partial charge in [-0.05, 0) is 44.0 Å². The molecule has 148 valence electrons. The van der Waals surface area contributed by atoms with Crippen molar-refractivity contribution in [2.45, 2.75) is 25.0 Å². The van der Waals surface area contributed by atoms with Crippen LogP contribution in [0.1, 0.15) is 16.8 Å². The smallest absolute Gasteiger partial charge is 0.252 e. The topological polar surface area (TPSA) is 53.5 Å². The molecule has 2 aromatic heterocycles. The van der Waals surface area contributed by atoms with Gasteiger partial charge in [0.1, 0.15) is 9.22 Å². The molecule has 4 rings (SSSR count). The van der Waals surface area contributed by atoms with Crippen LogP contribution in [-0.4, -0.2) is 43.9 Å². The van der Waals surface area contributed by atoms with Gasteiger partial charge in [0.2, 0.25) is 0 Å². The quantitative estimate of drug-likeness (QED) is 0.615. The van der Waals surface area contributed by atoms with E-state index in [-0.39, 0.29) is 0 Å². The number of thiazole rings is 1. The Balaban J connectivity index is 1.49. The molecule has 0 unspecified atom stereocenters. The van der Waals surface area contributed by atoms with E-state index in [0.717, 1.165) is 16.3 Å². The Hall–Kier alpha value is -1.74. The van der Waals surface area contributed by atoms with Crippen molar-refractivity contribution < 1.29 is 8.42 Å². The molecule has 1 aromatic carbocycles. The fourth-order valence-electron chi connectivity index (χ4n) is 3.43. The van der Waals surface area contributed by atoms with Gasteiger partial charge in [0.25, 0.3) is 10.0 Å². The van der Waals surface area contributed by atoms with Crippen LogP contribution in [-0.2, 0) is 10.0 Å². The number of piperazine rings is 1. The first-order valence-corrected chi connectivity index (χ1v) is 12.4. The van der Waals surface area contributed by atoms with Crippen LogP contribution in [0.15, 0.2) is 39.2 Å². The molecule has 1 aliphatic heterocycles. The molecule has 0 saturated carbocycles. The molecule has 1 saturated heterocycles. The zero-order chi connectivity index (χ0) is 19.9. The van der Waals surface area contributed by atoms with Crippen LogP contribution < -0.4 is 4.90 Å². The highest BCUT2D eigenvalue weighted by Gasteiger charge is 2.30. The maximum absolute atomic E-state index is 13.1. The van der Waals surface area contributed by atoms with Crippen LogP contribution in [0.5, 0.6) is 0 Å². The number of sulfonamides is 1.